The predicted molar refractivity (Wildman–Crippen MR) is 118 cm³/mol. The highest BCUT2D eigenvalue weighted by atomic mass is 16.6. The van der Waals surface area contributed by atoms with E-state index >= 15 is 0 Å². The fraction of sp³-hybridized carbons (Fsp3) is 0.636. The molecular formula is C22H36N4O3. The van der Waals surface area contributed by atoms with Gasteiger partial charge in [0.25, 0.3) is 0 Å². The largest absolute Gasteiger partial charge is 0.444 e. The molecule has 162 valence electrons. The Morgan fingerprint density at radius 3 is 2.66 bits per heavy atom. The van der Waals surface area contributed by atoms with Gasteiger partial charge in [-0.15, -0.1) is 0 Å². The van der Waals surface area contributed by atoms with E-state index in [4.69, 9.17) is 4.74 Å². The Bertz CT molecular complexity index is 702. The van der Waals surface area contributed by atoms with Crippen LogP contribution in [0.3, 0.4) is 0 Å². The monoisotopic (exact) mass is 404 g/mol. The molecule has 7 nitrogen and oxygen atoms in total. The van der Waals surface area contributed by atoms with E-state index in [0.29, 0.717) is 13.1 Å². The molecule has 1 unspecified atom stereocenters. The molecule has 0 spiro atoms. The smallest absolute Gasteiger partial charge is 0.410 e. The first-order valence-electron chi connectivity index (χ1n) is 10.4. The van der Waals surface area contributed by atoms with Gasteiger partial charge in [0, 0.05) is 51.6 Å². The normalized spacial score (nSPS) is 16.9. The van der Waals surface area contributed by atoms with Crippen LogP contribution in [0.2, 0.25) is 0 Å². The zero-order valence-electron chi connectivity index (χ0n) is 18.7. The summed E-state index contributed by atoms with van der Waals surface area (Å²) < 4.78 is 5.42. The number of amides is 3. The highest BCUT2D eigenvalue weighted by Crippen LogP contribution is 2.22. The van der Waals surface area contributed by atoms with Crippen LogP contribution in [-0.2, 0) is 4.74 Å². The van der Waals surface area contributed by atoms with Crippen LogP contribution in [0.25, 0.3) is 0 Å². The first-order chi connectivity index (χ1) is 13.6. The number of likely N-dealkylation sites (tertiary alicyclic amines) is 1. The molecule has 1 aliphatic heterocycles. The molecule has 7 heteroatoms. The van der Waals surface area contributed by atoms with E-state index < -0.39 is 5.60 Å². The minimum atomic E-state index is -0.510. The maximum Gasteiger partial charge on any atom is 0.410 e. The van der Waals surface area contributed by atoms with Crippen molar-refractivity contribution in [3.63, 3.8) is 0 Å². The number of carbonyl (C=O) groups is 2. The average molecular weight is 405 g/mol. The van der Waals surface area contributed by atoms with E-state index in [1.165, 1.54) is 0 Å². The standard InChI is InChI=1S/C22H36N4O3/c1-7-24(5)19-12-8-11-18(14-19)23-20(27)26-13-9-10-17(16-26)15-25(6)21(28)29-22(2,3)4/h8,11-12,14,17H,7,9-10,13,15-16H2,1-6H3,(H,23,27). The molecule has 2 rings (SSSR count). The summed E-state index contributed by atoms with van der Waals surface area (Å²) in [7, 11) is 3.78. The van der Waals surface area contributed by atoms with Crippen LogP contribution in [0.15, 0.2) is 24.3 Å². The average Bonchev–Trinajstić information content (AvgIpc) is 2.66. The minimum absolute atomic E-state index is 0.0917. The van der Waals surface area contributed by atoms with Gasteiger partial charge in [-0.2, -0.15) is 0 Å². The third-order valence-electron chi connectivity index (χ3n) is 5.06. The van der Waals surface area contributed by atoms with Crippen molar-refractivity contribution in [2.45, 2.75) is 46.1 Å². The fourth-order valence-electron chi connectivity index (χ4n) is 3.41. The lowest BCUT2D eigenvalue weighted by atomic mass is 9.98. The molecule has 3 amide bonds. The number of benzene rings is 1. The first-order valence-corrected chi connectivity index (χ1v) is 10.4. The molecule has 1 aromatic carbocycles. The van der Waals surface area contributed by atoms with E-state index in [9.17, 15) is 9.59 Å². The number of hydrogen-bond donors (Lipinski definition) is 1. The molecule has 0 saturated carbocycles. The molecule has 1 atom stereocenters. The van der Waals surface area contributed by atoms with Gasteiger partial charge >= 0.3 is 12.1 Å². The Labute approximate surface area is 175 Å². The molecule has 0 aliphatic carbocycles. The van der Waals surface area contributed by atoms with Crippen molar-refractivity contribution in [1.29, 1.82) is 0 Å². The number of carbonyl (C=O) groups excluding carboxylic acids is 2. The van der Waals surface area contributed by atoms with E-state index in [1.54, 1.807) is 11.9 Å². The lowest BCUT2D eigenvalue weighted by Gasteiger charge is -2.35. The zero-order valence-corrected chi connectivity index (χ0v) is 18.7. The van der Waals surface area contributed by atoms with Gasteiger partial charge in [0.2, 0.25) is 0 Å². The SMILES string of the molecule is CCN(C)c1cccc(NC(=O)N2CCCC(CN(C)C(=O)OC(C)(C)C)C2)c1. The number of nitrogens with one attached hydrogen (secondary N) is 1. The van der Waals surface area contributed by atoms with Gasteiger partial charge in [0.15, 0.2) is 0 Å². The van der Waals surface area contributed by atoms with Crippen molar-refractivity contribution in [3.05, 3.63) is 24.3 Å². The Kier molecular flexibility index (Phi) is 7.76. The number of urea groups is 1. The van der Waals surface area contributed by atoms with Crippen LogP contribution in [0, 0.1) is 5.92 Å². The molecule has 0 bridgehead atoms. The highest BCUT2D eigenvalue weighted by Gasteiger charge is 2.27. The maximum atomic E-state index is 12.8. The predicted octanol–water partition coefficient (Wildman–Crippen LogP) is 4.25. The summed E-state index contributed by atoms with van der Waals surface area (Å²) >= 11 is 0. The molecule has 0 aromatic heterocycles. The van der Waals surface area contributed by atoms with Crippen molar-refractivity contribution in [2.24, 2.45) is 5.92 Å². The molecular weight excluding hydrogens is 368 g/mol. The van der Waals surface area contributed by atoms with Crippen LogP contribution < -0.4 is 10.2 Å². The van der Waals surface area contributed by atoms with Gasteiger partial charge < -0.3 is 24.8 Å². The molecule has 1 fully saturated rings. The number of ether oxygens (including phenoxy) is 1. The molecule has 1 aromatic rings. The summed E-state index contributed by atoms with van der Waals surface area (Å²) in [6.45, 7) is 10.5. The second-order valence-electron chi connectivity index (χ2n) is 8.81. The van der Waals surface area contributed by atoms with E-state index in [2.05, 4.69) is 17.1 Å². The third-order valence-corrected chi connectivity index (χ3v) is 5.06. The fourth-order valence-corrected chi connectivity index (χ4v) is 3.41. The van der Waals surface area contributed by atoms with Crippen molar-refractivity contribution < 1.29 is 14.3 Å². The van der Waals surface area contributed by atoms with Crippen molar-refractivity contribution in [2.75, 3.05) is 50.5 Å². The maximum absolute atomic E-state index is 12.8. The van der Waals surface area contributed by atoms with Gasteiger partial charge in [-0.05, 0) is 64.7 Å². The van der Waals surface area contributed by atoms with Crippen LogP contribution >= 0.6 is 0 Å². The summed E-state index contributed by atoms with van der Waals surface area (Å²) in [6, 6.07) is 7.78. The van der Waals surface area contributed by atoms with Crippen molar-refractivity contribution in [3.8, 4) is 0 Å². The van der Waals surface area contributed by atoms with E-state index in [-0.39, 0.29) is 18.0 Å². The first kappa shape index (κ1) is 22.8. The Morgan fingerprint density at radius 2 is 2.00 bits per heavy atom. The molecule has 1 heterocycles. The van der Waals surface area contributed by atoms with Gasteiger partial charge in [0.1, 0.15) is 5.60 Å². The molecule has 1 aliphatic rings. The van der Waals surface area contributed by atoms with E-state index in [1.807, 2.05) is 57.0 Å². The Hall–Kier alpha value is -2.44. The minimum Gasteiger partial charge on any atom is -0.444 e. The number of hydrogen-bond acceptors (Lipinski definition) is 4. The molecule has 1 N–H and O–H groups in total. The number of piperidine rings is 1. The summed E-state index contributed by atoms with van der Waals surface area (Å²) in [5.41, 5.74) is 1.35. The molecule has 0 radical (unpaired) electrons. The van der Waals surface area contributed by atoms with Crippen molar-refractivity contribution >= 4 is 23.5 Å². The van der Waals surface area contributed by atoms with Gasteiger partial charge in [0.05, 0.1) is 0 Å². The highest BCUT2D eigenvalue weighted by molar-refractivity contribution is 5.90. The van der Waals surface area contributed by atoms with Crippen LogP contribution in [0.1, 0.15) is 40.5 Å². The topological polar surface area (TPSA) is 65.1 Å². The quantitative estimate of drug-likeness (QED) is 0.797. The van der Waals surface area contributed by atoms with Crippen molar-refractivity contribution in [1.82, 2.24) is 9.80 Å². The number of anilines is 2. The van der Waals surface area contributed by atoms with Gasteiger partial charge in [-0.3, -0.25) is 0 Å². The number of nitrogens with zero attached hydrogens (tertiary/aromatic N) is 3. The Balaban J connectivity index is 1.91. The zero-order chi connectivity index (χ0) is 21.6. The number of rotatable bonds is 5. The van der Waals surface area contributed by atoms with Crippen LogP contribution in [0.5, 0.6) is 0 Å². The van der Waals surface area contributed by atoms with Gasteiger partial charge in [-0.1, -0.05) is 6.07 Å². The summed E-state index contributed by atoms with van der Waals surface area (Å²) in [5.74, 6) is 0.240. The molecule has 29 heavy (non-hydrogen) atoms. The summed E-state index contributed by atoms with van der Waals surface area (Å²) in [6.07, 6.45) is 1.60. The van der Waals surface area contributed by atoms with Crippen LogP contribution in [-0.4, -0.2) is 67.8 Å². The van der Waals surface area contributed by atoms with Crippen LogP contribution in [0.4, 0.5) is 21.0 Å². The lowest BCUT2D eigenvalue weighted by molar-refractivity contribution is 0.0253. The third kappa shape index (κ3) is 7.15. The second kappa shape index (κ2) is 9.85. The summed E-state index contributed by atoms with van der Waals surface area (Å²) in [5, 5.41) is 3.01. The molecule has 1 saturated heterocycles. The lowest BCUT2D eigenvalue weighted by Crippen LogP contribution is -2.46. The van der Waals surface area contributed by atoms with Gasteiger partial charge in [-0.25, -0.2) is 9.59 Å². The van der Waals surface area contributed by atoms with E-state index in [0.717, 1.165) is 37.3 Å². The second-order valence-corrected chi connectivity index (χ2v) is 8.81. The Morgan fingerprint density at radius 1 is 1.28 bits per heavy atom. The summed E-state index contributed by atoms with van der Waals surface area (Å²) in [4.78, 5) is 30.6.